The van der Waals surface area contributed by atoms with Crippen LogP contribution in [0.4, 0.5) is 13.2 Å². The summed E-state index contributed by atoms with van der Waals surface area (Å²) in [6.45, 7) is 2.29. The molecule has 0 nitrogen and oxygen atoms in total. The highest BCUT2D eigenvalue weighted by atomic mass is 19.3. The van der Waals surface area contributed by atoms with Crippen molar-refractivity contribution >= 4 is 0 Å². The molecule has 56 valence electrons. The van der Waals surface area contributed by atoms with E-state index in [1.807, 2.05) is 0 Å². The Labute approximate surface area is 53.1 Å². The number of rotatable bonds is 3. The minimum atomic E-state index is -2.39. The van der Waals surface area contributed by atoms with Gasteiger partial charge in [-0.2, -0.15) is 0 Å². The first-order valence-electron chi connectivity index (χ1n) is 2.82. The molecule has 0 aliphatic carbocycles. The van der Waals surface area contributed by atoms with Crippen LogP contribution in [-0.4, -0.2) is 13.1 Å². The molecule has 0 aromatic heterocycles. The summed E-state index contributed by atoms with van der Waals surface area (Å²) in [5, 5.41) is 0. The van der Waals surface area contributed by atoms with E-state index in [2.05, 4.69) is 0 Å². The minimum Gasteiger partial charge on any atom is -0.251 e. The fourth-order valence-electron chi connectivity index (χ4n) is 0.472. The lowest BCUT2D eigenvalue weighted by Gasteiger charge is -2.18. The Morgan fingerprint density at radius 1 is 1.33 bits per heavy atom. The van der Waals surface area contributed by atoms with Gasteiger partial charge in [-0.1, -0.05) is 13.8 Å². The van der Waals surface area contributed by atoms with Crippen molar-refractivity contribution in [1.82, 2.24) is 0 Å². The second kappa shape index (κ2) is 3.08. The van der Waals surface area contributed by atoms with Crippen molar-refractivity contribution in [3.63, 3.8) is 0 Å². The summed E-state index contributed by atoms with van der Waals surface area (Å²) in [5.41, 5.74) is -0.853. The summed E-state index contributed by atoms with van der Waals surface area (Å²) < 4.78 is 34.9. The molecule has 0 aromatic rings. The van der Waals surface area contributed by atoms with Gasteiger partial charge in [0.15, 0.2) is 0 Å². The first-order valence-corrected chi connectivity index (χ1v) is 2.82. The molecule has 0 fully saturated rings. The molecule has 0 heterocycles. The average molecular weight is 140 g/mol. The smallest absolute Gasteiger partial charge is 0.239 e. The molecular weight excluding hydrogens is 129 g/mol. The first kappa shape index (κ1) is 8.79. The molecule has 0 bridgehead atoms. The van der Waals surface area contributed by atoms with Crippen LogP contribution >= 0.6 is 0 Å². The van der Waals surface area contributed by atoms with Crippen LogP contribution < -0.4 is 0 Å². The Balaban J connectivity index is 3.58. The van der Waals surface area contributed by atoms with E-state index in [9.17, 15) is 13.2 Å². The van der Waals surface area contributed by atoms with E-state index < -0.39 is 18.5 Å². The van der Waals surface area contributed by atoms with E-state index in [1.165, 1.54) is 13.8 Å². The molecule has 0 atom stereocenters. The van der Waals surface area contributed by atoms with Gasteiger partial charge < -0.3 is 0 Å². The summed E-state index contributed by atoms with van der Waals surface area (Å²) in [5.74, 6) is 0. The Morgan fingerprint density at radius 2 is 1.78 bits per heavy atom. The maximum Gasteiger partial charge on any atom is 0.239 e. The van der Waals surface area contributed by atoms with Crippen LogP contribution in [0.15, 0.2) is 0 Å². The lowest BCUT2D eigenvalue weighted by atomic mass is 9.92. The fraction of sp³-hybridized carbons (Fsp3) is 1.00. The number of hydrogen-bond acceptors (Lipinski definition) is 0. The van der Waals surface area contributed by atoms with Crippen molar-refractivity contribution in [2.75, 3.05) is 6.67 Å². The van der Waals surface area contributed by atoms with Crippen LogP contribution in [0.5, 0.6) is 0 Å². The highest BCUT2D eigenvalue weighted by Gasteiger charge is 2.22. The number of alkyl halides is 3. The quantitative estimate of drug-likeness (QED) is 0.565. The summed E-state index contributed by atoms with van der Waals surface area (Å²) >= 11 is 0. The van der Waals surface area contributed by atoms with Crippen molar-refractivity contribution in [3.05, 3.63) is 0 Å². The van der Waals surface area contributed by atoms with Crippen LogP contribution in [0, 0.1) is 5.41 Å². The highest BCUT2D eigenvalue weighted by Crippen LogP contribution is 2.24. The standard InChI is InChI=1S/C6H11F3/c1-6(2,4-7)3-5(8)9/h5H,3-4H2,1-2H3. The molecular formula is C6H11F3. The lowest BCUT2D eigenvalue weighted by Crippen LogP contribution is -2.17. The van der Waals surface area contributed by atoms with Gasteiger partial charge in [-0.25, -0.2) is 8.78 Å². The Bertz CT molecular complexity index is 78.4. The predicted molar refractivity (Wildman–Crippen MR) is 30.4 cm³/mol. The van der Waals surface area contributed by atoms with Crippen molar-refractivity contribution in [3.8, 4) is 0 Å². The molecule has 0 saturated heterocycles. The normalized spacial score (nSPS) is 12.7. The van der Waals surface area contributed by atoms with E-state index >= 15 is 0 Å². The lowest BCUT2D eigenvalue weighted by molar-refractivity contribution is 0.0747. The van der Waals surface area contributed by atoms with Crippen LogP contribution in [0.1, 0.15) is 20.3 Å². The average Bonchev–Trinajstić information content (AvgIpc) is 1.63. The van der Waals surface area contributed by atoms with E-state index in [0.29, 0.717) is 0 Å². The molecule has 0 spiro atoms. The Kier molecular flexibility index (Phi) is 3.01. The van der Waals surface area contributed by atoms with Crippen molar-refractivity contribution < 1.29 is 13.2 Å². The van der Waals surface area contributed by atoms with Crippen LogP contribution in [0.25, 0.3) is 0 Å². The van der Waals surface area contributed by atoms with Crippen LogP contribution in [0.3, 0.4) is 0 Å². The first-order chi connectivity index (χ1) is 3.98. The van der Waals surface area contributed by atoms with Gasteiger partial charge in [0.05, 0.1) is 6.67 Å². The monoisotopic (exact) mass is 140 g/mol. The van der Waals surface area contributed by atoms with E-state index in [4.69, 9.17) is 0 Å². The van der Waals surface area contributed by atoms with E-state index in [-0.39, 0.29) is 6.42 Å². The molecule has 0 amide bonds. The molecule has 9 heavy (non-hydrogen) atoms. The molecule has 0 rings (SSSR count). The van der Waals surface area contributed by atoms with Crippen molar-refractivity contribution in [1.29, 1.82) is 0 Å². The second-order valence-electron chi connectivity index (χ2n) is 2.89. The third-order valence-corrected chi connectivity index (χ3v) is 1.07. The van der Waals surface area contributed by atoms with Crippen molar-refractivity contribution in [2.24, 2.45) is 5.41 Å². The second-order valence-corrected chi connectivity index (χ2v) is 2.89. The zero-order valence-corrected chi connectivity index (χ0v) is 5.63. The van der Waals surface area contributed by atoms with Crippen LogP contribution in [-0.2, 0) is 0 Å². The van der Waals surface area contributed by atoms with Gasteiger partial charge in [-0.3, -0.25) is 4.39 Å². The van der Waals surface area contributed by atoms with Crippen molar-refractivity contribution in [2.45, 2.75) is 26.7 Å². The van der Waals surface area contributed by atoms with Gasteiger partial charge in [0.25, 0.3) is 0 Å². The largest absolute Gasteiger partial charge is 0.251 e. The summed E-state index contributed by atoms with van der Waals surface area (Å²) in [6.07, 6.45) is -2.75. The maximum absolute atomic E-state index is 11.8. The highest BCUT2D eigenvalue weighted by molar-refractivity contribution is 4.67. The molecule has 0 radical (unpaired) electrons. The van der Waals surface area contributed by atoms with Crippen LogP contribution in [0.2, 0.25) is 0 Å². The van der Waals surface area contributed by atoms with E-state index in [1.54, 1.807) is 0 Å². The van der Waals surface area contributed by atoms with Gasteiger partial charge in [-0.05, 0) is 5.41 Å². The predicted octanol–water partition coefficient (Wildman–Crippen LogP) is 2.64. The zero-order chi connectivity index (χ0) is 7.49. The minimum absolute atomic E-state index is 0.358. The summed E-state index contributed by atoms with van der Waals surface area (Å²) in [6, 6.07) is 0. The summed E-state index contributed by atoms with van der Waals surface area (Å²) in [7, 11) is 0. The van der Waals surface area contributed by atoms with Gasteiger partial charge in [0.1, 0.15) is 0 Å². The van der Waals surface area contributed by atoms with Gasteiger partial charge in [0.2, 0.25) is 6.43 Å². The fourth-order valence-corrected chi connectivity index (χ4v) is 0.472. The molecule has 0 aliphatic heterocycles. The molecule has 0 saturated carbocycles. The van der Waals surface area contributed by atoms with Gasteiger partial charge >= 0.3 is 0 Å². The van der Waals surface area contributed by atoms with Gasteiger partial charge in [0, 0.05) is 6.42 Å². The summed E-state index contributed by atoms with van der Waals surface area (Å²) in [4.78, 5) is 0. The molecule has 0 unspecified atom stereocenters. The maximum atomic E-state index is 11.8. The third-order valence-electron chi connectivity index (χ3n) is 1.07. The third kappa shape index (κ3) is 4.30. The zero-order valence-electron chi connectivity index (χ0n) is 5.63. The molecule has 3 heteroatoms. The molecule has 0 aromatic carbocycles. The number of halogens is 3. The molecule has 0 N–H and O–H groups in total. The topological polar surface area (TPSA) is 0 Å². The van der Waals surface area contributed by atoms with Gasteiger partial charge in [-0.15, -0.1) is 0 Å². The molecule has 0 aliphatic rings. The number of hydrogen-bond donors (Lipinski definition) is 0. The Hall–Kier alpha value is -0.210. The Morgan fingerprint density at radius 3 is 1.89 bits per heavy atom. The SMILES string of the molecule is CC(C)(CF)CC(F)F. The van der Waals surface area contributed by atoms with E-state index in [0.717, 1.165) is 0 Å².